The largest absolute Gasteiger partial charge is 0.416 e. The molecule has 0 aliphatic heterocycles. The van der Waals surface area contributed by atoms with E-state index in [2.05, 4.69) is 15.3 Å². The summed E-state index contributed by atoms with van der Waals surface area (Å²) < 4.78 is 38.3. The zero-order chi connectivity index (χ0) is 14.9. The van der Waals surface area contributed by atoms with Crippen molar-refractivity contribution in [1.82, 2.24) is 9.97 Å². The van der Waals surface area contributed by atoms with Crippen LogP contribution in [0.4, 0.5) is 19.0 Å². The number of hydrogen-bond donors (Lipinski definition) is 1. The van der Waals surface area contributed by atoms with Crippen LogP contribution in [0, 0.1) is 13.8 Å². The Labute approximate surface area is 114 Å². The molecule has 0 aliphatic carbocycles. The maximum absolute atomic E-state index is 12.8. The summed E-state index contributed by atoms with van der Waals surface area (Å²) in [5.41, 5.74) is 1.54. The van der Waals surface area contributed by atoms with Crippen LogP contribution in [0.25, 0.3) is 11.3 Å². The van der Waals surface area contributed by atoms with Crippen molar-refractivity contribution in [2.45, 2.75) is 20.0 Å². The second-order valence-corrected chi connectivity index (χ2v) is 4.42. The highest BCUT2D eigenvalue weighted by molar-refractivity contribution is 5.72. The molecule has 0 fully saturated rings. The van der Waals surface area contributed by atoms with Crippen LogP contribution < -0.4 is 5.32 Å². The molecule has 0 spiro atoms. The van der Waals surface area contributed by atoms with E-state index in [9.17, 15) is 13.2 Å². The van der Waals surface area contributed by atoms with Gasteiger partial charge < -0.3 is 5.32 Å². The fourth-order valence-electron chi connectivity index (χ4n) is 1.82. The summed E-state index contributed by atoms with van der Waals surface area (Å²) in [6, 6.07) is 5.08. The molecular weight excluding hydrogens is 267 g/mol. The first kappa shape index (κ1) is 14.3. The normalized spacial score (nSPS) is 11.5. The number of rotatable bonds is 2. The number of nitrogens with one attached hydrogen (secondary N) is 1. The zero-order valence-corrected chi connectivity index (χ0v) is 11.3. The van der Waals surface area contributed by atoms with Crippen molar-refractivity contribution in [2.24, 2.45) is 0 Å². The van der Waals surface area contributed by atoms with E-state index in [0.717, 1.165) is 17.8 Å². The van der Waals surface area contributed by atoms with Crippen molar-refractivity contribution in [2.75, 3.05) is 12.4 Å². The fraction of sp³-hybridized carbons (Fsp3) is 0.286. The van der Waals surface area contributed by atoms with Gasteiger partial charge in [-0.3, -0.25) is 0 Å². The minimum atomic E-state index is -4.37. The Morgan fingerprint density at radius 2 is 1.70 bits per heavy atom. The summed E-state index contributed by atoms with van der Waals surface area (Å²) in [5, 5.41) is 2.87. The van der Waals surface area contributed by atoms with Gasteiger partial charge in [-0.15, -0.1) is 0 Å². The van der Waals surface area contributed by atoms with E-state index in [4.69, 9.17) is 0 Å². The summed E-state index contributed by atoms with van der Waals surface area (Å²) in [6.07, 6.45) is -4.37. The Kier molecular flexibility index (Phi) is 3.65. The van der Waals surface area contributed by atoms with Crippen molar-refractivity contribution < 1.29 is 13.2 Å². The van der Waals surface area contributed by atoms with Crippen molar-refractivity contribution >= 4 is 5.82 Å². The first-order valence-corrected chi connectivity index (χ1v) is 6.03. The van der Waals surface area contributed by atoms with Crippen LogP contribution in [-0.4, -0.2) is 17.0 Å². The van der Waals surface area contributed by atoms with Gasteiger partial charge in [0.1, 0.15) is 5.69 Å². The van der Waals surface area contributed by atoms with Crippen LogP contribution in [0.5, 0.6) is 0 Å². The third-order valence-electron chi connectivity index (χ3n) is 3.01. The minimum absolute atomic E-state index is 0.389. The number of hydrogen-bond acceptors (Lipinski definition) is 3. The fourth-order valence-corrected chi connectivity index (χ4v) is 1.82. The monoisotopic (exact) mass is 281 g/mol. The Morgan fingerprint density at radius 3 is 2.30 bits per heavy atom. The van der Waals surface area contributed by atoms with E-state index in [1.807, 2.05) is 0 Å². The number of aromatic nitrogens is 2. The summed E-state index contributed by atoms with van der Waals surface area (Å²) in [7, 11) is 1.66. The maximum atomic E-state index is 12.8. The van der Waals surface area contributed by atoms with Crippen LogP contribution in [0.15, 0.2) is 24.3 Å². The molecule has 1 N–H and O–H groups in total. The molecule has 20 heavy (non-hydrogen) atoms. The molecule has 2 rings (SSSR count). The molecule has 6 heteroatoms. The SMILES string of the molecule is CNc1nc(C)c(C)nc1-c1cccc(C(F)(F)F)c1. The summed E-state index contributed by atoms with van der Waals surface area (Å²) in [5.74, 6) is 0.465. The molecular formula is C14H14F3N3. The van der Waals surface area contributed by atoms with E-state index in [1.165, 1.54) is 6.07 Å². The maximum Gasteiger partial charge on any atom is 0.416 e. The van der Waals surface area contributed by atoms with Crippen molar-refractivity contribution in [1.29, 1.82) is 0 Å². The Hall–Kier alpha value is -2.11. The lowest BCUT2D eigenvalue weighted by molar-refractivity contribution is -0.137. The van der Waals surface area contributed by atoms with Gasteiger partial charge in [-0.2, -0.15) is 13.2 Å². The van der Waals surface area contributed by atoms with Gasteiger partial charge in [0.25, 0.3) is 0 Å². The number of nitrogens with zero attached hydrogens (tertiary/aromatic N) is 2. The molecule has 0 bridgehead atoms. The third kappa shape index (κ3) is 2.74. The average Bonchev–Trinajstić information content (AvgIpc) is 2.40. The number of benzene rings is 1. The highest BCUT2D eigenvalue weighted by Crippen LogP contribution is 2.33. The highest BCUT2D eigenvalue weighted by atomic mass is 19.4. The number of alkyl halides is 3. The lowest BCUT2D eigenvalue weighted by atomic mass is 10.1. The van der Waals surface area contributed by atoms with Gasteiger partial charge >= 0.3 is 6.18 Å². The highest BCUT2D eigenvalue weighted by Gasteiger charge is 2.30. The minimum Gasteiger partial charge on any atom is -0.371 e. The van der Waals surface area contributed by atoms with Gasteiger partial charge in [0.05, 0.1) is 17.0 Å². The molecule has 0 saturated heterocycles. The smallest absolute Gasteiger partial charge is 0.371 e. The molecule has 3 nitrogen and oxygen atoms in total. The second-order valence-electron chi connectivity index (χ2n) is 4.42. The van der Waals surface area contributed by atoms with Gasteiger partial charge in [0.2, 0.25) is 0 Å². The summed E-state index contributed by atoms with van der Waals surface area (Å²) >= 11 is 0. The van der Waals surface area contributed by atoms with E-state index in [1.54, 1.807) is 27.0 Å². The quantitative estimate of drug-likeness (QED) is 0.909. The Morgan fingerprint density at radius 1 is 1.05 bits per heavy atom. The molecule has 0 saturated carbocycles. The number of halogens is 3. The van der Waals surface area contributed by atoms with Crippen molar-refractivity contribution in [3.63, 3.8) is 0 Å². The van der Waals surface area contributed by atoms with E-state index in [-0.39, 0.29) is 0 Å². The average molecular weight is 281 g/mol. The number of anilines is 1. The third-order valence-corrected chi connectivity index (χ3v) is 3.01. The predicted molar refractivity (Wildman–Crippen MR) is 71.5 cm³/mol. The first-order chi connectivity index (χ1) is 9.32. The van der Waals surface area contributed by atoms with Gasteiger partial charge in [-0.1, -0.05) is 12.1 Å². The molecule has 0 unspecified atom stereocenters. The van der Waals surface area contributed by atoms with Gasteiger partial charge in [0.15, 0.2) is 5.82 Å². The molecule has 0 amide bonds. The van der Waals surface area contributed by atoms with E-state index in [0.29, 0.717) is 22.8 Å². The Balaban J connectivity index is 2.60. The molecule has 1 aromatic heterocycles. The first-order valence-electron chi connectivity index (χ1n) is 6.03. The van der Waals surface area contributed by atoms with Crippen molar-refractivity contribution in [3.05, 3.63) is 41.2 Å². The van der Waals surface area contributed by atoms with Gasteiger partial charge in [-0.25, -0.2) is 9.97 Å². The van der Waals surface area contributed by atoms with Crippen LogP contribution in [0.1, 0.15) is 17.0 Å². The predicted octanol–water partition coefficient (Wildman–Crippen LogP) is 3.82. The molecule has 106 valence electrons. The molecule has 0 aliphatic rings. The van der Waals surface area contributed by atoms with Crippen LogP contribution in [0.2, 0.25) is 0 Å². The molecule has 0 radical (unpaired) electrons. The van der Waals surface area contributed by atoms with Crippen LogP contribution in [0.3, 0.4) is 0 Å². The number of aryl methyl sites for hydroxylation is 2. The standard InChI is InChI=1S/C14H14F3N3/c1-8-9(2)20-13(18-3)12(19-8)10-5-4-6-11(7-10)14(15,16)17/h4-7H,1-3H3,(H,18,20). The lowest BCUT2D eigenvalue weighted by Crippen LogP contribution is -2.06. The van der Waals surface area contributed by atoms with E-state index < -0.39 is 11.7 Å². The lowest BCUT2D eigenvalue weighted by Gasteiger charge is -2.12. The topological polar surface area (TPSA) is 37.8 Å². The van der Waals surface area contributed by atoms with Crippen molar-refractivity contribution in [3.8, 4) is 11.3 Å². The van der Waals surface area contributed by atoms with E-state index >= 15 is 0 Å². The summed E-state index contributed by atoms with van der Waals surface area (Å²) in [4.78, 5) is 8.65. The van der Waals surface area contributed by atoms with Crippen LogP contribution >= 0.6 is 0 Å². The van der Waals surface area contributed by atoms with Crippen LogP contribution in [-0.2, 0) is 6.18 Å². The van der Waals surface area contributed by atoms with Gasteiger partial charge in [0, 0.05) is 12.6 Å². The summed E-state index contributed by atoms with van der Waals surface area (Å²) in [6.45, 7) is 3.58. The second kappa shape index (κ2) is 5.11. The molecule has 1 aromatic carbocycles. The van der Waals surface area contributed by atoms with Gasteiger partial charge in [-0.05, 0) is 26.0 Å². The molecule has 1 heterocycles. The Bertz CT molecular complexity index is 636. The zero-order valence-electron chi connectivity index (χ0n) is 11.3. The molecule has 0 atom stereocenters. The molecule has 2 aromatic rings.